The van der Waals surface area contributed by atoms with E-state index in [1.165, 1.54) is 0 Å². The van der Waals surface area contributed by atoms with Gasteiger partial charge in [0.1, 0.15) is 17.7 Å². The molecule has 3 aromatic carbocycles. The van der Waals surface area contributed by atoms with Crippen molar-refractivity contribution in [2.24, 2.45) is 11.8 Å². The van der Waals surface area contributed by atoms with Gasteiger partial charge in [0.15, 0.2) is 0 Å². The van der Waals surface area contributed by atoms with Crippen molar-refractivity contribution in [3.05, 3.63) is 104 Å². The Morgan fingerprint density at radius 2 is 1.79 bits per heavy atom. The van der Waals surface area contributed by atoms with Gasteiger partial charge in [0, 0.05) is 31.8 Å². The van der Waals surface area contributed by atoms with Gasteiger partial charge in [0.2, 0.25) is 11.8 Å². The van der Waals surface area contributed by atoms with Crippen LogP contribution in [0, 0.1) is 11.8 Å². The van der Waals surface area contributed by atoms with E-state index in [-0.39, 0.29) is 43.8 Å². The van der Waals surface area contributed by atoms with Gasteiger partial charge < -0.3 is 29.7 Å². The predicted molar refractivity (Wildman–Crippen MR) is 199 cm³/mol. The Labute approximate surface area is 305 Å². The first-order valence-corrected chi connectivity index (χ1v) is 18.4. The van der Waals surface area contributed by atoms with Crippen molar-refractivity contribution in [3.8, 4) is 0 Å². The molecule has 6 rings (SSSR count). The summed E-state index contributed by atoms with van der Waals surface area (Å²) in [5, 5.41) is 14.4. The van der Waals surface area contributed by atoms with Crippen LogP contribution in [0.5, 0.6) is 0 Å². The van der Waals surface area contributed by atoms with Crippen LogP contribution in [-0.4, -0.2) is 77.2 Å². The number of aliphatic hydroxyl groups excluding tert-OH is 1. The largest absolute Gasteiger partial charge is 0.455 e. The molecule has 3 saturated heterocycles. The van der Waals surface area contributed by atoms with Crippen molar-refractivity contribution < 1.29 is 33.8 Å². The van der Waals surface area contributed by atoms with Crippen molar-refractivity contribution >= 4 is 40.2 Å². The van der Waals surface area contributed by atoms with E-state index in [1.54, 1.807) is 28.9 Å². The number of rotatable bonds is 17. The molecule has 274 valence electrons. The van der Waals surface area contributed by atoms with Gasteiger partial charge in [-0.1, -0.05) is 72.8 Å². The first kappa shape index (κ1) is 37.0. The van der Waals surface area contributed by atoms with Crippen LogP contribution in [0.3, 0.4) is 0 Å². The normalized spacial score (nSPS) is 24.3. The quantitative estimate of drug-likeness (QED) is 0.106. The van der Waals surface area contributed by atoms with Crippen molar-refractivity contribution in [2.75, 3.05) is 24.6 Å². The highest BCUT2D eigenvalue weighted by atomic mass is 16.6. The summed E-state index contributed by atoms with van der Waals surface area (Å²) in [5.74, 6) is -3.21. The summed E-state index contributed by atoms with van der Waals surface area (Å²) in [7, 11) is 0. The molecule has 52 heavy (non-hydrogen) atoms. The Kier molecular flexibility index (Phi) is 11.6. The smallest absolute Gasteiger partial charge is 0.313 e. The molecule has 0 saturated carbocycles. The van der Waals surface area contributed by atoms with Gasteiger partial charge in [-0.2, -0.15) is 0 Å². The molecule has 3 aliphatic heterocycles. The molecule has 3 aliphatic rings. The van der Waals surface area contributed by atoms with Gasteiger partial charge in [0.05, 0.1) is 24.0 Å². The van der Waals surface area contributed by atoms with Crippen LogP contribution in [0.2, 0.25) is 0 Å². The van der Waals surface area contributed by atoms with Gasteiger partial charge in [-0.3, -0.25) is 19.2 Å². The number of nitrogens with zero attached hydrogens (tertiary/aromatic N) is 2. The maximum atomic E-state index is 15.0. The van der Waals surface area contributed by atoms with E-state index in [0.717, 1.165) is 10.8 Å². The number of fused-ring (bicyclic) bond motifs is 2. The van der Waals surface area contributed by atoms with E-state index in [0.29, 0.717) is 49.8 Å². The Bertz CT molecular complexity index is 1800. The number of carbonyl (C=O) groups excluding carboxylic acids is 4. The summed E-state index contributed by atoms with van der Waals surface area (Å²) < 4.78 is 13.0. The van der Waals surface area contributed by atoms with Gasteiger partial charge in [0.25, 0.3) is 5.91 Å². The van der Waals surface area contributed by atoms with E-state index in [2.05, 4.69) is 18.5 Å². The van der Waals surface area contributed by atoms with Crippen LogP contribution in [0.15, 0.2) is 98.1 Å². The molecular weight excluding hydrogens is 658 g/mol. The molecule has 2 N–H and O–H groups in total. The third-order valence-corrected chi connectivity index (χ3v) is 10.8. The van der Waals surface area contributed by atoms with Crippen molar-refractivity contribution in [2.45, 2.75) is 81.8 Å². The summed E-state index contributed by atoms with van der Waals surface area (Å²) in [6.07, 6.45) is 5.45. The number of anilines is 1. The molecule has 10 heteroatoms. The summed E-state index contributed by atoms with van der Waals surface area (Å²) in [5.41, 5.74) is 0.162. The second kappa shape index (κ2) is 16.3. The fourth-order valence-electron chi connectivity index (χ4n) is 8.40. The molecule has 7 atom stereocenters. The number of likely N-dealkylation sites (tertiary alicyclic amines) is 1. The van der Waals surface area contributed by atoms with Gasteiger partial charge in [-0.15, -0.1) is 13.2 Å². The summed E-state index contributed by atoms with van der Waals surface area (Å²) in [4.78, 5) is 59.9. The number of unbranched alkanes of at least 4 members (excludes halogenated alkanes) is 2. The SMILES string of the molecule is C=CCCC(=O)N[C@@H](C)[C@H](OC(=O)[C@@H]1[C@H]2C(=O)N(CCCCCO)[C@H](C(=O)N(CC=C)c3ccc4ccccc4c3)[C@]23CC[C@H]1O3)c1ccccc1. The minimum Gasteiger partial charge on any atom is -0.455 e. The molecular formula is C42H49N3O7. The van der Waals surface area contributed by atoms with E-state index in [4.69, 9.17) is 9.47 Å². The van der Waals surface area contributed by atoms with Crippen LogP contribution < -0.4 is 10.2 Å². The van der Waals surface area contributed by atoms with Crippen molar-refractivity contribution in [1.29, 1.82) is 0 Å². The van der Waals surface area contributed by atoms with Crippen LogP contribution in [0.25, 0.3) is 10.8 Å². The highest BCUT2D eigenvalue weighted by Crippen LogP contribution is 2.59. The molecule has 0 radical (unpaired) electrons. The predicted octanol–water partition coefficient (Wildman–Crippen LogP) is 5.65. The molecule has 0 aliphatic carbocycles. The van der Waals surface area contributed by atoms with Gasteiger partial charge in [-0.25, -0.2) is 0 Å². The second-order valence-electron chi connectivity index (χ2n) is 14.1. The van der Waals surface area contributed by atoms with Crippen LogP contribution in [0.1, 0.15) is 63.5 Å². The summed E-state index contributed by atoms with van der Waals surface area (Å²) in [6, 6.07) is 21.4. The highest BCUT2D eigenvalue weighted by Gasteiger charge is 2.75. The molecule has 3 fully saturated rings. The van der Waals surface area contributed by atoms with Crippen LogP contribution in [-0.2, 0) is 28.7 Å². The van der Waals surface area contributed by atoms with E-state index in [1.807, 2.05) is 72.8 Å². The van der Waals surface area contributed by atoms with Crippen LogP contribution >= 0.6 is 0 Å². The number of esters is 1. The zero-order valence-corrected chi connectivity index (χ0v) is 29.8. The molecule has 3 amide bonds. The minimum absolute atomic E-state index is 0.0341. The fraction of sp³-hybridized carbons (Fsp3) is 0.429. The number of allylic oxidation sites excluding steroid dienone is 1. The van der Waals surface area contributed by atoms with Crippen molar-refractivity contribution in [1.82, 2.24) is 10.2 Å². The second-order valence-corrected chi connectivity index (χ2v) is 14.1. The number of hydrogen-bond donors (Lipinski definition) is 2. The van der Waals surface area contributed by atoms with Gasteiger partial charge in [-0.05, 0) is 73.9 Å². The Morgan fingerprint density at radius 3 is 2.52 bits per heavy atom. The number of ether oxygens (including phenoxy) is 2. The monoisotopic (exact) mass is 707 g/mol. The average molecular weight is 708 g/mol. The minimum atomic E-state index is -1.22. The van der Waals surface area contributed by atoms with Crippen LogP contribution in [0.4, 0.5) is 5.69 Å². The maximum Gasteiger partial charge on any atom is 0.313 e. The van der Waals surface area contributed by atoms with E-state index in [9.17, 15) is 24.3 Å². The number of carbonyl (C=O) groups is 4. The third-order valence-electron chi connectivity index (χ3n) is 10.8. The lowest BCUT2D eigenvalue weighted by molar-refractivity contribution is -0.162. The lowest BCUT2D eigenvalue weighted by Crippen LogP contribution is -2.56. The molecule has 1 spiro atoms. The first-order valence-electron chi connectivity index (χ1n) is 18.4. The van der Waals surface area contributed by atoms with E-state index >= 15 is 0 Å². The number of nitrogens with one attached hydrogen (secondary N) is 1. The zero-order chi connectivity index (χ0) is 36.8. The summed E-state index contributed by atoms with van der Waals surface area (Å²) >= 11 is 0. The number of benzene rings is 3. The highest BCUT2D eigenvalue weighted by molar-refractivity contribution is 6.05. The Morgan fingerprint density at radius 1 is 1.04 bits per heavy atom. The maximum absolute atomic E-state index is 15.0. The lowest BCUT2D eigenvalue weighted by Gasteiger charge is -2.37. The van der Waals surface area contributed by atoms with Gasteiger partial charge >= 0.3 is 5.97 Å². The molecule has 0 aromatic heterocycles. The van der Waals surface area contributed by atoms with Crippen molar-refractivity contribution in [3.63, 3.8) is 0 Å². The first-order chi connectivity index (χ1) is 25.2. The Hall–Kier alpha value is -4.80. The Balaban J connectivity index is 1.32. The topological polar surface area (TPSA) is 125 Å². The van der Waals surface area contributed by atoms with E-state index < -0.39 is 47.7 Å². The fourth-order valence-corrected chi connectivity index (χ4v) is 8.40. The molecule has 3 heterocycles. The third kappa shape index (κ3) is 7.14. The molecule has 3 aromatic rings. The summed E-state index contributed by atoms with van der Waals surface area (Å²) in [6.45, 7) is 9.94. The molecule has 2 bridgehead atoms. The molecule has 0 unspecified atom stereocenters. The molecule has 10 nitrogen and oxygen atoms in total. The standard InChI is InChI=1S/C42H49N3O7/c1-4-6-19-34(47)43-28(3)37(30-16-9-7-10-17-30)51-41(50)35-33-22-23-42(52-33)36(35)39(48)45(25-13-8-14-26-46)38(42)40(49)44(24-5-2)32-21-20-29-15-11-12-18-31(29)27-32/h4-5,7,9-12,15-18,20-21,27-28,33,35-38,46H,1-2,6,8,13-14,19,22-26H2,3H3,(H,43,47)/t28-,33+,35-,36-,37-,38+,42-/m0/s1. The number of aliphatic hydroxyl groups is 1. The average Bonchev–Trinajstić information content (AvgIpc) is 3.80. The lowest BCUT2D eigenvalue weighted by atomic mass is 9.70. The zero-order valence-electron chi connectivity index (χ0n) is 29.8. The number of amides is 3. The number of hydrogen-bond acceptors (Lipinski definition) is 7.